The van der Waals surface area contributed by atoms with Gasteiger partial charge in [-0.3, -0.25) is 0 Å². The summed E-state index contributed by atoms with van der Waals surface area (Å²) in [6, 6.07) is 6.25. The number of carbonyl (C=O) groups is 1. The van der Waals surface area contributed by atoms with Gasteiger partial charge in [-0.05, 0) is 29.9 Å². The van der Waals surface area contributed by atoms with Crippen molar-refractivity contribution in [2.24, 2.45) is 0 Å². The lowest BCUT2D eigenvalue weighted by atomic mass is 10.2. The van der Waals surface area contributed by atoms with Crippen molar-refractivity contribution in [1.82, 2.24) is 5.32 Å². The van der Waals surface area contributed by atoms with E-state index in [1.165, 1.54) is 12.1 Å². The Morgan fingerprint density at radius 2 is 2.21 bits per heavy atom. The van der Waals surface area contributed by atoms with E-state index in [1.807, 2.05) is 0 Å². The van der Waals surface area contributed by atoms with Gasteiger partial charge in [0.2, 0.25) is 0 Å². The van der Waals surface area contributed by atoms with Gasteiger partial charge in [0.15, 0.2) is 5.11 Å². The average molecular weight is 209 g/mol. The monoisotopic (exact) mass is 209 g/mol. The minimum Gasteiger partial charge on any atom is -0.545 e. The molecule has 1 aromatic rings. The molecule has 0 aliphatic heterocycles. The number of anilines is 1. The zero-order valence-electron chi connectivity index (χ0n) is 7.53. The Kier molecular flexibility index (Phi) is 3.41. The molecule has 14 heavy (non-hydrogen) atoms. The second-order valence-corrected chi connectivity index (χ2v) is 2.98. The summed E-state index contributed by atoms with van der Waals surface area (Å²) in [6.07, 6.45) is 0. The van der Waals surface area contributed by atoms with Crippen molar-refractivity contribution >= 4 is 29.0 Å². The first kappa shape index (κ1) is 10.5. The Morgan fingerprint density at radius 1 is 1.50 bits per heavy atom. The van der Waals surface area contributed by atoms with Crippen LogP contribution in [-0.2, 0) is 0 Å². The van der Waals surface area contributed by atoms with E-state index in [2.05, 4.69) is 10.6 Å². The lowest BCUT2D eigenvalue weighted by molar-refractivity contribution is -0.255. The Labute approximate surface area is 86.9 Å². The van der Waals surface area contributed by atoms with E-state index in [1.54, 1.807) is 19.2 Å². The van der Waals surface area contributed by atoms with Crippen molar-refractivity contribution in [2.75, 3.05) is 12.4 Å². The summed E-state index contributed by atoms with van der Waals surface area (Å²) >= 11 is 4.86. The van der Waals surface area contributed by atoms with Crippen molar-refractivity contribution < 1.29 is 9.90 Å². The topological polar surface area (TPSA) is 64.2 Å². The quantitative estimate of drug-likeness (QED) is 0.669. The van der Waals surface area contributed by atoms with Gasteiger partial charge in [0, 0.05) is 12.7 Å². The minimum absolute atomic E-state index is 0.119. The first-order valence-corrected chi connectivity index (χ1v) is 4.34. The molecule has 1 rings (SSSR count). The number of carbonyl (C=O) groups excluding carboxylic acids is 1. The lowest BCUT2D eigenvalue weighted by Crippen LogP contribution is -2.25. The van der Waals surface area contributed by atoms with Crippen molar-refractivity contribution in [3.63, 3.8) is 0 Å². The van der Waals surface area contributed by atoms with Crippen LogP contribution in [0.15, 0.2) is 24.3 Å². The van der Waals surface area contributed by atoms with Crippen LogP contribution in [0.5, 0.6) is 0 Å². The number of carboxylic acids is 1. The second kappa shape index (κ2) is 4.57. The first-order chi connectivity index (χ1) is 6.63. The molecule has 5 heteroatoms. The van der Waals surface area contributed by atoms with Gasteiger partial charge in [0.1, 0.15) is 0 Å². The highest BCUT2D eigenvalue weighted by Gasteiger charge is 1.97. The third kappa shape index (κ3) is 2.70. The van der Waals surface area contributed by atoms with Crippen LogP contribution >= 0.6 is 12.2 Å². The fourth-order valence-corrected chi connectivity index (χ4v) is 1.04. The van der Waals surface area contributed by atoms with E-state index in [-0.39, 0.29) is 5.56 Å². The molecule has 0 spiro atoms. The molecule has 1 aromatic carbocycles. The van der Waals surface area contributed by atoms with E-state index < -0.39 is 5.97 Å². The summed E-state index contributed by atoms with van der Waals surface area (Å²) in [5.41, 5.74) is 0.736. The molecule has 0 bridgehead atoms. The van der Waals surface area contributed by atoms with Crippen LogP contribution in [-0.4, -0.2) is 18.1 Å². The molecule has 0 amide bonds. The number of benzene rings is 1. The number of thiocarbonyl (C=S) groups is 1. The van der Waals surface area contributed by atoms with Crippen molar-refractivity contribution in [2.45, 2.75) is 0 Å². The van der Waals surface area contributed by atoms with Gasteiger partial charge in [-0.2, -0.15) is 0 Å². The summed E-state index contributed by atoms with van der Waals surface area (Å²) in [4.78, 5) is 10.5. The molecular formula is C9H9N2O2S-. The molecule has 0 heterocycles. The fraction of sp³-hybridized carbons (Fsp3) is 0.111. The highest BCUT2D eigenvalue weighted by atomic mass is 32.1. The maximum Gasteiger partial charge on any atom is 0.170 e. The molecule has 2 N–H and O–H groups in total. The van der Waals surface area contributed by atoms with Gasteiger partial charge in [0.05, 0.1) is 5.97 Å². The number of hydrogen-bond donors (Lipinski definition) is 2. The molecule has 4 nitrogen and oxygen atoms in total. The summed E-state index contributed by atoms with van der Waals surface area (Å²) in [5, 5.41) is 16.5. The molecule has 0 fully saturated rings. The Balaban J connectivity index is 2.83. The maximum atomic E-state index is 10.5. The van der Waals surface area contributed by atoms with Crippen molar-refractivity contribution in [1.29, 1.82) is 0 Å². The standard InChI is InChI=1S/C9H10N2O2S/c1-10-9(14)11-7-4-2-3-6(5-7)8(12)13/h2-5H,1H3,(H,12,13)(H2,10,11,14)/p-1. The van der Waals surface area contributed by atoms with Crippen LogP contribution in [0.3, 0.4) is 0 Å². The Bertz CT molecular complexity index is 366. The molecule has 0 unspecified atom stereocenters. The van der Waals surface area contributed by atoms with Crippen LogP contribution < -0.4 is 15.7 Å². The van der Waals surface area contributed by atoms with Crippen LogP contribution in [0.1, 0.15) is 10.4 Å². The lowest BCUT2D eigenvalue weighted by Gasteiger charge is -2.08. The van der Waals surface area contributed by atoms with Crippen LogP contribution in [0.2, 0.25) is 0 Å². The highest BCUT2D eigenvalue weighted by Crippen LogP contribution is 2.09. The predicted octanol–water partition coefficient (Wildman–Crippen LogP) is -0.0337. The molecule has 0 aliphatic rings. The summed E-state index contributed by atoms with van der Waals surface area (Å²) in [5.74, 6) is -1.20. The maximum absolute atomic E-state index is 10.5. The van der Waals surface area contributed by atoms with Gasteiger partial charge in [0.25, 0.3) is 0 Å². The van der Waals surface area contributed by atoms with Crippen LogP contribution in [0, 0.1) is 0 Å². The van der Waals surface area contributed by atoms with Crippen LogP contribution in [0.4, 0.5) is 5.69 Å². The third-order valence-corrected chi connectivity index (χ3v) is 1.89. The molecule has 0 radical (unpaired) electrons. The number of nitrogens with one attached hydrogen (secondary N) is 2. The third-order valence-electron chi connectivity index (χ3n) is 1.58. The SMILES string of the molecule is CNC(=S)Nc1cccc(C(=O)[O-])c1. The number of carboxylic acid groups (broad SMARTS) is 1. The van der Waals surface area contributed by atoms with Crippen molar-refractivity contribution in [3.8, 4) is 0 Å². The van der Waals surface area contributed by atoms with Gasteiger partial charge < -0.3 is 20.5 Å². The van der Waals surface area contributed by atoms with Gasteiger partial charge in [-0.1, -0.05) is 12.1 Å². The molecule has 0 aromatic heterocycles. The number of aromatic carboxylic acids is 1. The normalized spacial score (nSPS) is 9.21. The van der Waals surface area contributed by atoms with Gasteiger partial charge >= 0.3 is 0 Å². The van der Waals surface area contributed by atoms with Crippen molar-refractivity contribution in [3.05, 3.63) is 29.8 Å². The average Bonchev–Trinajstić information content (AvgIpc) is 2.18. The largest absolute Gasteiger partial charge is 0.545 e. The van der Waals surface area contributed by atoms with Gasteiger partial charge in [-0.15, -0.1) is 0 Å². The molecule has 0 aliphatic carbocycles. The molecule has 0 saturated carbocycles. The molecule has 74 valence electrons. The Morgan fingerprint density at radius 3 is 2.79 bits per heavy atom. The fourth-order valence-electron chi connectivity index (χ4n) is 0.918. The van der Waals surface area contributed by atoms with E-state index >= 15 is 0 Å². The second-order valence-electron chi connectivity index (χ2n) is 2.57. The molecular weight excluding hydrogens is 200 g/mol. The van der Waals surface area contributed by atoms with Gasteiger partial charge in [-0.25, -0.2) is 0 Å². The number of rotatable bonds is 2. The van der Waals surface area contributed by atoms with E-state index in [0.29, 0.717) is 10.8 Å². The first-order valence-electron chi connectivity index (χ1n) is 3.93. The molecule has 0 saturated heterocycles. The van der Waals surface area contributed by atoms with E-state index in [9.17, 15) is 9.90 Å². The zero-order chi connectivity index (χ0) is 10.6. The van der Waals surface area contributed by atoms with Crippen LogP contribution in [0.25, 0.3) is 0 Å². The smallest absolute Gasteiger partial charge is 0.170 e. The summed E-state index contributed by atoms with van der Waals surface area (Å²) in [7, 11) is 1.68. The number of hydrogen-bond acceptors (Lipinski definition) is 3. The zero-order valence-corrected chi connectivity index (χ0v) is 8.35. The molecule has 0 atom stereocenters. The predicted molar refractivity (Wildman–Crippen MR) is 56.1 cm³/mol. The minimum atomic E-state index is -1.20. The Hall–Kier alpha value is -1.62. The summed E-state index contributed by atoms with van der Waals surface area (Å²) < 4.78 is 0. The van der Waals surface area contributed by atoms with E-state index in [4.69, 9.17) is 12.2 Å². The summed E-state index contributed by atoms with van der Waals surface area (Å²) in [6.45, 7) is 0. The highest BCUT2D eigenvalue weighted by molar-refractivity contribution is 7.80. The van der Waals surface area contributed by atoms with E-state index in [0.717, 1.165) is 0 Å².